The summed E-state index contributed by atoms with van der Waals surface area (Å²) >= 11 is 5.67. The second kappa shape index (κ2) is 7.73. The van der Waals surface area contributed by atoms with Crippen molar-refractivity contribution < 1.29 is 26.1 Å². The monoisotopic (exact) mass is 447 g/mol. The van der Waals surface area contributed by atoms with Crippen molar-refractivity contribution in [1.82, 2.24) is 24.9 Å². The third-order valence-electron chi connectivity index (χ3n) is 3.27. The minimum atomic E-state index is -4.71. The van der Waals surface area contributed by atoms with Crippen LogP contribution >= 0.6 is 11.6 Å². The maximum absolute atomic E-state index is 13.5. The zero-order valence-corrected chi connectivity index (χ0v) is 15.7. The second-order valence-electron chi connectivity index (χ2n) is 5.36. The Kier molecular flexibility index (Phi) is 5.50. The Labute approximate surface area is 166 Å². The van der Waals surface area contributed by atoms with Crippen LogP contribution in [0.3, 0.4) is 0 Å². The molecule has 15 heteroatoms. The van der Waals surface area contributed by atoms with E-state index in [-0.39, 0.29) is 23.1 Å². The maximum Gasteiger partial charge on any atom is 0.313 e. The van der Waals surface area contributed by atoms with Gasteiger partial charge in [0.25, 0.3) is 10.1 Å². The molecule has 3 N–H and O–H groups in total. The highest BCUT2D eigenvalue weighted by molar-refractivity contribution is 7.86. The number of rotatable bonds is 5. The maximum atomic E-state index is 13.5. The fraction of sp³-hybridized carbons (Fsp3) is 0.0714. The van der Waals surface area contributed by atoms with E-state index in [1.807, 2.05) is 0 Å². The third kappa shape index (κ3) is 4.85. The number of benzene rings is 1. The first kappa shape index (κ1) is 20.6. The van der Waals surface area contributed by atoms with Crippen LogP contribution in [0.15, 0.2) is 23.1 Å². The molecule has 0 aliphatic carbocycles. The third-order valence-corrected chi connectivity index (χ3v) is 4.52. The highest BCUT2D eigenvalue weighted by Crippen LogP contribution is 2.30. The van der Waals surface area contributed by atoms with Gasteiger partial charge in [-0.1, -0.05) is 11.6 Å². The van der Waals surface area contributed by atoms with Gasteiger partial charge < -0.3 is 10.6 Å². The molecule has 0 fully saturated rings. The van der Waals surface area contributed by atoms with Gasteiger partial charge in [0.05, 0.1) is 5.69 Å². The van der Waals surface area contributed by atoms with Crippen LogP contribution in [0, 0.1) is 25.0 Å². The lowest BCUT2D eigenvalue weighted by molar-refractivity contribution is 0.483. The average Bonchev–Trinajstić information content (AvgIpc) is 2.57. The number of halogens is 4. The summed E-state index contributed by atoms with van der Waals surface area (Å²) in [5, 5.41) is 4.29. The van der Waals surface area contributed by atoms with Crippen molar-refractivity contribution in [2.75, 3.05) is 10.6 Å². The average molecular weight is 448 g/mol. The molecule has 0 aliphatic rings. The van der Waals surface area contributed by atoms with E-state index < -0.39 is 44.0 Å². The summed E-state index contributed by atoms with van der Waals surface area (Å²) in [5.41, 5.74) is -0.237. The van der Waals surface area contributed by atoms with Crippen molar-refractivity contribution in [2.24, 2.45) is 0 Å². The zero-order chi connectivity index (χ0) is 21.3. The molecule has 2 heterocycles. The molecular weight excluding hydrogens is 439 g/mol. The van der Waals surface area contributed by atoms with Crippen molar-refractivity contribution in [3.05, 3.63) is 47.2 Å². The molecule has 1 aromatic carbocycles. The summed E-state index contributed by atoms with van der Waals surface area (Å²) in [6.45, 7) is 1.37. The standard InChI is InChI=1S/C14H9ClF3N7O3S/c1-5-19-12(17)25-14(20-5)22-7-4-6(2-3-8(7)29(26,27)28)21-11-9(15)10(16)23-13(18)24-11/h2-4H,1H3,(H,21,23,24)(H,26,27,28)(H,19,20,22,25). The van der Waals surface area contributed by atoms with Gasteiger partial charge in [0.15, 0.2) is 5.82 Å². The molecule has 0 saturated carbocycles. The van der Waals surface area contributed by atoms with E-state index in [1.165, 1.54) is 6.92 Å². The fourth-order valence-electron chi connectivity index (χ4n) is 2.17. The first-order chi connectivity index (χ1) is 13.5. The first-order valence-electron chi connectivity index (χ1n) is 7.45. The van der Waals surface area contributed by atoms with E-state index in [2.05, 4.69) is 35.6 Å². The van der Waals surface area contributed by atoms with Gasteiger partial charge in [-0.2, -0.15) is 46.5 Å². The Morgan fingerprint density at radius 2 is 1.69 bits per heavy atom. The van der Waals surface area contributed by atoms with Crippen molar-refractivity contribution >= 4 is 44.9 Å². The molecule has 0 spiro atoms. The van der Waals surface area contributed by atoms with E-state index in [9.17, 15) is 26.1 Å². The Bertz CT molecular complexity index is 1190. The predicted molar refractivity (Wildman–Crippen MR) is 94.3 cm³/mol. The number of hydrogen-bond acceptors (Lipinski definition) is 9. The van der Waals surface area contributed by atoms with Crippen molar-refractivity contribution in [3.63, 3.8) is 0 Å². The predicted octanol–water partition coefficient (Wildman–Crippen LogP) is 2.77. The number of anilines is 4. The van der Waals surface area contributed by atoms with Crippen LogP contribution in [0.1, 0.15) is 5.82 Å². The lowest BCUT2D eigenvalue weighted by atomic mass is 10.2. The topological polar surface area (TPSA) is 143 Å². The van der Waals surface area contributed by atoms with Gasteiger partial charge >= 0.3 is 12.2 Å². The second-order valence-corrected chi connectivity index (χ2v) is 7.13. The van der Waals surface area contributed by atoms with E-state index in [0.29, 0.717) is 0 Å². The highest BCUT2D eigenvalue weighted by Gasteiger charge is 2.19. The number of hydrogen-bond donors (Lipinski definition) is 3. The van der Waals surface area contributed by atoms with Crippen molar-refractivity contribution in [1.29, 1.82) is 0 Å². The van der Waals surface area contributed by atoms with Crippen LogP contribution in [-0.4, -0.2) is 37.9 Å². The molecule has 10 nitrogen and oxygen atoms in total. The van der Waals surface area contributed by atoms with Gasteiger partial charge in [-0.3, -0.25) is 4.55 Å². The minimum Gasteiger partial charge on any atom is -0.339 e. The Morgan fingerprint density at radius 3 is 2.34 bits per heavy atom. The zero-order valence-electron chi connectivity index (χ0n) is 14.2. The lowest BCUT2D eigenvalue weighted by Crippen LogP contribution is -2.08. The van der Waals surface area contributed by atoms with Gasteiger partial charge in [-0.25, -0.2) is 0 Å². The molecule has 0 saturated heterocycles. The van der Waals surface area contributed by atoms with E-state index in [4.69, 9.17) is 11.6 Å². The van der Waals surface area contributed by atoms with Crippen LogP contribution in [0.2, 0.25) is 5.02 Å². The van der Waals surface area contributed by atoms with Crippen LogP contribution in [-0.2, 0) is 10.1 Å². The van der Waals surface area contributed by atoms with Crippen molar-refractivity contribution in [3.8, 4) is 0 Å². The highest BCUT2D eigenvalue weighted by atomic mass is 35.5. The molecular formula is C14H9ClF3N7O3S. The Morgan fingerprint density at radius 1 is 1.00 bits per heavy atom. The van der Waals surface area contributed by atoms with Gasteiger partial charge in [-0.05, 0) is 25.1 Å². The minimum absolute atomic E-state index is 0.00130. The molecule has 152 valence electrons. The smallest absolute Gasteiger partial charge is 0.313 e. The van der Waals surface area contributed by atoms with Gasteiger partial charge in [-0.15, -0.1) is 0 Å². The molecule has 0 aliphatic heterocycles. The quantitative estimate of drug-likeness (QED) is 0.303. The molecule has 2 aromatic heterocycles. The first-order valence-corrected chi connectivity index (χ1v) is 9.27. The van der Waals surface area contributed by atoms with Crippen molar-refractivity contribution in [2.45, 2.75) is 11.8 Å². The SMILES string of the molecule is Cc1nc(F)nc(Nc2cc(Nc3nc(F)nc(F)c3Cl)ccc2S(=O)(=O)O)n1. The molecule has 0 radical (unpaired) electrons. The summed E-state index contributed by atoms with van der Waals surface area (Å²) in [7, 11) is -4.71. The number of aromatic nitrogens is 5. The summed E-state index contributed by atoms with van der Waals surface area (Å²) in [5.74, 6) is -2.11. The van der Waals surface area contributed by atoms with E-state index in [0.717, 1.165) is 18.2 Å². The summed E-state index contributed by atoms with van der Waals surface area (Å²) in [4.78, 5) is 16.0. The molecule has 3 aromatic rings. The van der Waals surface area contributed by atoms with Crippen LogP contribution in [0.5, 0.6) is 0 Å². The van der Waals surface area contributed by atoms with Crippen LogP contribution in [0.25, 0.3) is 0 Å². The Hall–Kier alpha value is -3.10. The number of aryl methyl sites for hydroxylation is 1. The molecule has 3 rings (SSSR count). The number of nitrogens with zero attached hydrogens (tertiary/aromatic N) is 5. The molecule has 29 heavy (non-hydrogen) atoms. The molecule has 0 bridgehead atoms. The largest absolute Gasteiger partial charge is 0.339 e. The molecule has 0 amide bonds. The number of nitrogens with one attached hydrogen (secondary N) is 2. The summed E-state index contributed by atoms with van der Waals surface area (Å²) in [6.07, 6.45) is -2.51. The summed E-state index contributed by atoms with van der Waals surface area (Å²) < 4.78 is 72.7. The normalized spacial score (nSPS) is 11.4. The molecule has 0 unspecified atom stereocenters. The van der Waals surface area contributed by atoms with Gasteiger partial charge in [0.2, 0.25) is 11.9 Å². The van der Waals surface area contributed by atoms with Crippen LogP contribution < -0.4 is 10.6 Å². The fourth-order valence-corrected chi connectivity index (χ4v) is 2.93. The molecule has 0 atom stereocenters. The van der Waals surface area contributed by atoms with Gasteiger partial charge in [0, 0.05) is 5.69 Å². The lowest BCUT2D eigenvalue weighted by Gasteiger charge is -2.13. The van der Waals surface area contributed by atoms with Gasteiger partial charge in [0.1, 0.15) is 15.7 Å². The summed E-state index contributed by atoms with van der Waals surface area (Å²) in [6, 6.07) is 3.22. The van der Waals surface area contributed by atoms with E-state index in [1.54, 1.807) is 0 Å². The Balaban J connectivity index is 2.04. The van der Waals surface area contributed by atoms with Crippen LogP contribution in [0.4, 0.5) is 36.3 Å². The van der Waals surface area contributed by atoms with E-state index >= 15 is 0 Å².